The number of aliphatic hydroxyl groups is 1. The van der Waals surface area contributed by atoms with Crippen LogP contribution in [0.2, 0.25) is 0 Å². The van der Waals surface area contributed by atoms with Crippen molar-refractivity contribution in [1.82, 2.24) is 9.88 Å². The first-order valence-electron chi connectivity index (χ1n) is 6.05. The molecule has 0 spiro atoms. The van der Waals surface area contributed by atoms with E-state index in [1.165, 1.54) is 0 Å². The van der Waals surface area contributed by atoms with E-state index in [1.807, 2.05) is 17.9 Å². The van der Waals surface area contributed by atoms with Crippen molar-refractivity contribution in [3.05, 3.63) is 23.9 Å². The van der Waals surface area contributed by atoms with Gasteiger partial charge < -0.3 is 14.9 Å². The Kier molecular flexibility index (Phi) is 5.09. The number of hydrogen-bond donors (Lipinski definition) is 1. The Labute approximate surface area is 108 Å². The van der Waals surface area contributed by atoms with E-state index in [0.29, 0.717) is 12.4 Å². The normalized spacial score (nSPS) is 12.1. The third-order valence-corrected chi connectivity index (χ3v) is 2.77. The summed E-state index contributed by atoms with van der Waals surface area (Å²) >= 11 is 0. The van der Waals surface area contributed by atoms with Crippen LogP contribution in [-0.2, 0) is 4.79 Å². The van der Waals surface area contributed by atoms with Gasteiger partial charge in [0.1, 0.15) is 5.82 Å². The zero-order valence-electron chi connectivity index (χ0n) is 11.4. The lowest BCUT2D eigenvalue weighted by molar-refractivity contribution is -0.127. The molecule has 0 aliphatic rings. The average Bonchev–Trinajstić information content (AvgIpc) is 2.35. The van der Waals surface area contributed by atoms with Crippen molar-refractivity contribution in [2.24, 2.45) is 0 Å². The van der Waals surface area contributed by atoms with Gasteiger partial charge in [-0.25, -0.2) is 4.98 Å². The molecule has 0 saturated carbocycles. The van der Waals surface area contributed by atoms with Gasteiger partial charge in [-0.3, -0.25) is 4.79 Å². The highest BCUT2D eigenvalue weighted by Crippen LogP contribution is 2.23. The van der Waals surface area contributed by atoms with Crippen LogP contribution in [0.5, 0.6) is 0 Å². The second-order valence-electron chi connectivity index (χ2n) is 4.39. The fourth-order valence-corrected chi connectivity index (χ4v) is 1.64. The van der Waals surface area contributed by atoms with E-state index < -0.39 is 6.10 Å². The molecule has 0 radical (unpaired) electrons. The predicted molar refractivity (Wildman–Crippen MR) is 71.5 cm³/mol. The molecule has 1 heterocycles. The summed E-state index contributed by atoms with van der Waals surface area (Å²) in [6.07, 6.45) is 1.07. The van der Waals surface area contributed by atoms with Gasteiger partial charge in [-0.1, -0.05) is 6.07 Å². The number of nitrogens with zero attached hydrogens (tertiary/aromatic N) is 3. The van der Waals surface area contributed by atoms with E-state index in [1.54, 1.807) is 38.2 Å². The number of likely N-dealkylation sites (N-methyl/N-ethyl adjacent to an activating group) is 2. The molecular weight excluding hydrogens is 230 g/mol. The molecule has 5 nitrogen and oxygen atoms in total. The van der Waals surface area contributed by atoms with Crippen molar-refractivity contribution in [2.45, 2.75) is 20.0 Å². The van der Waals surface area contributed by atoms with Gasteiger partial charge in [0.05, 0.1) is 12.6 Å². The number of rotatable bonds is 5. The summed E-state index contributed by atoms with van der Waals surface area (Å²) < 4.78 is 0. The minimum Gasteiger partial charge on any atom is -0.389 e. The lowest BCUT2D eigenvalue weighted by Crippen LogP contribution is -2.37. The molecule has 0 fully saturated rings. The quantitative estimate of drug-likeness (QED) is 0.850. The van der Waals surface area contributed by atoms with Crippen LogP contribution in [0, 0.1) is 0 Å². The van der Waals surface area contributed by atoms with E-state index in [0.717, 1.165) is 5.56 Å². The molecule has 5 heteroatoms. The molecule has 0 aromatic carbocycles. The average molecular weight is 251 g/mol. The number of amides is 1. The van der Waals surface area contributed by atoms with Crippen LogP contribution >= 0.6 is 0 Å². The number of hydrogen-bond acceptors (Lipinski definition) is 4. The molecule has 18 heavy (non-hydrogen) atoms. The summed E-state index contributed by atoms with van der Waals surface area (Å²) in [5, 5.41) is 9.73. The Bertz CT molecular complexity index is 405. The van der Waals surface area contributed by atoms with E-state index in [9.17, 15) is 9.90 Å². The number of anilines is 1. The highest BCUT2D eigenvalue weighted by molar-refractivity contribution is 5.80. The Morgan fingerprint density at radius 2 is 2.17 bits per heavy atom. The van der Waals surface area contributed by atoms with Gasteiger partial charge in [-0.05, 0) is 19.9 Å². The number of carbonyl (C=O) groups excluding carboxylic acids is 1. The highest BCUT2D eigenvalue weighted by atomic mass is 16.3. The van der Waals surface area contributed by atoms with E-state index in [4.69, 9.17) is 0 Å². The molecule has 1 amide bonds. The third-order valence-electron chi connectivity index (χ3n) is 2.77. The van der Waals surface area contributed by atoms with Gasteiger partial charge in [-0.15, -0.1) is 0 Å². The van der Waals surface area contributed by atoms with Crippen molar-refractivity contribution in [2.75, 3.05) is 32.1 Å². The number of aromatic nitrogens is 1. The fraction of sp³-hybridized carbons (Fsp3) is 0.538. The first-order valence-corrected chi connectivity index (χ1v) is 6.05. The van der Waals surface area contributed by atoms with Crippen LogP contribution in [0.1, 0.15) is 25.5 Å². The van der Waals surface area contributed by atoms with Gasteiger partial charge in [0, 0.05) is 32.4 Å². The van der Waals surface area contributed by atoms with Gasteiger partial charge in [0.25, 0.3) is 0 Å². The molecule has 1 atom stereocenters. The van der Waals surface area contributed by atoms with Crippen LogP contribution in [0.4, 0.5) is 5.82 Å². The molecule has 0 saturated heterocycles. The van der Waals surface area contributed by atoms with Crippen molar-refractivity contribution in [1.29, 1.82) is 0 Å². The SMILES string of the molecule is CCN(CC(=O)N(C)C)c1ncccc1C(C)O. The first-order chi connectivity index (χ1) is 8.47. The van der Waals surface area contributed by atoms with Crippen LogP contribution in [0.15, 0.2) is 18.3 Å². The van der Waals surface area contributed by atoms with Crippen LogP contribution in [0.25, 0.3) is 0 Å². The van der Waals surface area contributed by atoms with Crippen molar-refractivity contribution < 1.29 is 9.90 Å². The van der Waals surface area contributed by atoms with E-state index in [-0.39, 0.29) is 12.5 Å². The lowest BCUT2D eigenvalue weighted by atomic mass is 10.1. The monoisotopic (exact) mass is 251 g/mol. The Morgan fingerprint density at radius 1 is 1.50 bits per heavy atom. The van der Waals surface area contributed by atoms with Crippen molar-refractivity contribution in [3.63, 3.8) is 0 Å². The van der Waals surface area contributed by atoms with Crippen molar-refractivity contribution in [3.8, 4) is 0 Å². The summed E-state index contributed by atoms with van der Waals surface area (Å²) in [5.74, 6) is 0.684. The minimum absolute atomic E-state index is 0.0130. The molecule has 0 bridgehead atoms. The highest BCUT2D eigenvalue weighted by Gasteiger charge is 2.17. The van der Waals surface area contributed by atoms with Crippen LogP contribution in [0.3, 0.4) is 0 Å². The molecule has 100 valence electrons. The summed E-state index contributed by atoms with van der Waals surface area (Å²) in [6, 6.07) is 3.61. The summed E-state index contributed by atoms with van der Waals surface area (Å²) in [6.45, 7) is 4.59. The summed E-state index contributed by atoms with van der Waals surface area (Å²) in [7, 11) is 3.45. The van der Waals surface area contributed by atoms with Crippen molar-refractivity contribution >= 4 is 11.7 Å². The predicted octanol–water partition coefficient (Wildman–Crippen LogP) is 1.05. The molecule has 0 aliphatic carbocycles. The molecule has 1 aromatic heterocycles. The van der Waals surface area contributed by atoms with Crippen LogP contribution < -0.4 is 4.90 Å². The fourth-order valence-electron chi connectivity index (χ4n) is 1.64. The van der Waals surface area contributed by atoms with Crippen LogP contribution in [-0.4, -0.2) is 48.1 Å². The standard InChI is InChI=1S/C13H21N3O2/c1-5-16(9-12(18)15(3)4)13-11(10(2)17)7-6-8-14-13/h6-8,10,17H,5,9H2,1-4H3. The van der Waals surface area contributed by atoms with Gasteiger partial charge in [-0.2, -0.15) is 0 Å². The zero-order valence-corrected chi connectivity index (χ0v) is 11.4. The Hall–Kier alpha value is -1.62. The molecular formula is C13H21N3O2. The topological polar surface area (TPSA) is 56.7 Å². The second-order valence-corrected chi connectivity index (χ2v) is 4.39. The van der Waals surface area contributed by atoms with E-state index >= 15 is 0 Å². The number of aliphatic hydroxyl groups excluding tert-OH is 1. The lowest BCUT2D eigenvalue weighted by Gasteiger charge is -2.25. The summed E-state index contributed by atoms with van der Waals surface area (Å²) in [5.41, 5.74) is 0.742. The second kappa shape index (κ2) is 6.35. The van der Waals surface area contributed by atoms with Gasteiger partial charge in [0.15, 0.2) is 0 Å². The molecule has 1 N–H and O–H groups in total. The Balaban J connectivity index is 2.98. The smallest absolute Gasteiger partial charge is 0.241 e. The maximum Gasteiger partial charge on any atom is 0.241 e. The number of pyridine rings is 1. The first kappa shape index (κ1) is 14.4. The van der Waals surface area contributed by atoms with Gasteiger partial charge >= 0.3 is 0 Å². The van der Waals surface area contributed by atoms with Gasteiger partial charge in [0.2, 0.25) is 5.91 Å². The third kappa shape index (κ3) is 3.43. The Morgan fingerprint density at radius 3 is 2.67 bits per heavy atom. The largest absolute Gasteiger partial charge is 0.389 e. The maximum atomic E-state index is 11.8. The molecule has 1 aromatic rings. The zero-order chi connectivity index (χ0) is 13.7. The molecule has 1 rings (SSSR count). The minimum atomic E-state index is -0.600. The summed E-state index contributed by atoms with van der Waals surface area (Å²) in [4.78, 5) is 19.5. The number of carbonyl (C=O) groups is 1. The molecule has 0 aliphatic heterocycles. The maximum absolute atomic E-state index is 11.8. The van der Waals surface area contributed by atoms with E-state index in [2.05, 4.69) is 4.98 Å². The molecule has 1 unspecified atom stereocenters.